The Labute approximate surface area is 66.4 Å². The number of carbonyl (C=O) groups is 1. The van der Waals surface area contributed by atoms with Crippen LogP contribution in [0.3, 0.4) is 0 Å². The molecule has 0 radical (unpaired) electrons. The van der Waals surface area contributed by atoms with E-state index in [0.717, 1.165) is 12.8 Å². The van der Waals surface area contributed by atoms with Crippen LogP contribution in [0.1, 0.15) is 26.7 Å². The van der Waals surface area contributed by atoms with E-state index in [4.69, 9.17) is 9.84 Å². The van der Waals surface area contributed by atoms with Gasteiger partial charge in [-0.3, -0.25) is 4.79 Å². The van der Waals surface area contributed by atoms with Crippen molar-refractivity contribution in [2.75, 3.05) is 0 Å². The second-order valence-electron chi connectivity index (χ2n) is 3.17. The van der Waals surface area contributed by atoms with Gasteiger partial charge in [0.25, 0.3) is 0 Å². The Balaban J connectivity index is 2.50. The quantitative estimate of drug-likeness (QED) is 0.625. The first kappa shape index (κ1) is 8.53. The van der Waals surface area contributed by atoms with Gasteiger partial charge in [0.2, 0.25) is 0 Å². The van der Waals surface area contributed by atoms with Crippen LogP contribution in [-0.4, -0.2) is 23.3 Å². The second kappa shape index (κ2) is 3.22. The Hall–Kier alpha value is -0.570. The Morgan fingerprint density at radius 2 is 2.09 bits per heavy atom. The summed E-state index contributed by atoms with van der Waals surface area (Å²) in [6.07, 6.45) is 1.70. The molecule has 0 spiro atoms. The molecule has 0 aromatic heterocycles. The molecule has 1 rings (SSSR count). The summed E-state index contributed by atoms with van der Waals surface area (Å²) in [5.74, 6) is -1.03. The predicted octanol–water partition coefficient (Wildman–Crippen LogP) is 1.27. The van der Waals surface area contributed by atoms with Gasteiger partial charge in [-0.1, -0.05) is 0 Å². The molecule has 0 bridgehead atoms. The lowest BCUT2D eigenvalue weighted by Crippen LogP contribution is -2.36. The van der Waals surface area contributed by atoms with Crippen molar-refractivity contribution in [3.8, 4) is 0 Å². The highest BCUT2D eigenvalue weighted by molar-refractivity contribution is 5.70. The van der Waals surface area contributed by atoms with Crippen molar-refractivity contribution >= 4 is 5.97 Å². The van der Waals surface area contributed by atoms with E-state index >= 15 is 0 Å². The van der Waals surface area contributed by atoms with Crippen molar-refractivity contribution in [3.05, 3.63) is 0 Å². The largest absolute Gasteiger partial charge is 0.481 e. The number of carboxylic acids is 1. The minimum absolute atomic E-state index is 0.128. The third-order valence-corrected chi connectivity index (χ3v) is 2.21. The highest BCUT2D eigenvalue weighted by atomic mass is 16.5. The number of hydrogen-bond donors (Lipinski definition) is 1. The van der Waals surface area contributed by atoms with Crippen molar-refractivity contribution < 1.29 is 14.6 Å². The normalized spacial score (nSPS) is 38.5. The maximum atomic E-state index is 10.6. The third-order valence-electron chi connectivity index (χ3n) is 2.21. The lowest BCUT2D eigenvalue weighted by atomic mass is 9.93. The molecule has 0 amide bonds. The Kier molecular flexibility index (Phi) is 2.49. The van der Waals surface area contributed by atoms with Gasteiger partial charge in [0, 0.05) is 0 Å². The molecule has 1 heterocycles. The topological polar surface area (TPSA) is 46.5 Å². The summed E-state index contributed by atoms with van der Waals surface area (Å²) in [5.41, 5.74) is 0. The fourth-order valence-electron chi connectivity index (χ4n) is 1.50. The smallest absolute Gasteiger partial charge is 0.309 e. The van der Waals surface area contributed by atoms with Gasteiger partial charge in [-0.15, -0.1) is 0 Å². The van der Waals surface area contributed by atoms with Gasteiger partial charge in [-0.05, 0) is 26.7 Å². The molecule has 1 N–H and O–H groups in total. The van der Waals surface area contributed by atoms with Crippen LogP contribution in [0.2, 0.25) is 0 Å². The third kappa shape index (κ3) is 1.93. The summed E-state index contributed by atoms with van der Waals surface area (Å²) in [6, 6.07) is 0. The van der Waals surface area contributed by atoms with Crippen molar-refractivity contribution in [3.63, 3.8) is 0 Å². The Morgan fingerprint density at radius 3 is 2.55 bits per heavy atom. The van der Waals surface area contributed by atoms with E-state index in [2.05, 4.69) is 0 Å². The number of rotatable bonds is 1. The van der Waals surface area contributed by atoms with Gasteiger partial charge in [0.15, 0.2) is 0 Å². The zero-order chi connectivity index (χ0) is 8.43. The molecule has 3 heteroatoms. The van der Waals surface area contributed by atoms with Crippen LogP contribution in [0.25, 0.3) is 0 Å². The van der Waals surface area contributed by atoms with E-state index in [-0.39, 0.29) is 18.1 Å². The molecule has 1 aliphatic heterocycles. The van der Waals surface area contributed by atoms with Crippen molar-refractivity contribution in [2.45, 2.75) is 38.9 Å². The monoisotopic (exact) mass is 158 g/mol. The van der Waals surface area contributed by atoms with Gasteiger partial charge in [-0.2, -0.15) is 0 Å². The van der Waals surface area contributed by atoms with E-state index < -0.39 is 5.97 Å². The molecular weight excluding hydrogens is 144 g/mol. The van der Waals surface area contributed by atoms with Crippen molar-refractivity contribution in [2.24, 2.45) is 5.92 Å². The van der Waals surface area contributed by atoms with Crippen LogP contribution in [0.15, 0.2) is 0 Å². The molecule has 0 aliphatic carbocycles. The average Bonchev–Trinajstić information content (AvgIpc) is 1.85. The summed E-state index contributed by atoms with van der Waals surface area (Å²) >= 11 is 0. The molecule has 11 heavy (non-hydrogen) atoms. The molecular formula is C8H14O3. The van der Waals surface area contributed by atoms with Crippen LogP contribution in [0, 0.1) is 5.92 Å². The van der Waals surface area contributed by atoms with Gasteiger partial charge >= 0.3 is 5.97 Å². The minimum atomic E-state index is -0.732. The SMILES string of the molecule is C[C@@H]1CC[C@H](C(=O)O)[C@H](C)O1. The maximum absolute atomic E-state index is 10.6. The summed E-state index contributed by atoms with van der Waals surface area (Å²) in [7, 11) is 0. The predicted molar refractivity (Wildman–Crippen MR) is 40.4 cm³/mol. The lowest BCUT2D eigenvalue weighted by molar-refractivity contribution is -0.154. The number of hydrogen-bond acceptors (Lipinski definition) is 2. The standard InChI is InChI=1S/C8H14O3/c1-5-3-4-7(8(9)10)6(2)11-5/h5-7H,3-4H2,1-2H3,(H,9,10)/t5-,6+,7+/m1/s1. The molecule has 0 unspecified atom stereocenters. The minimum Gasteiger partial charge on any atom is -0.481 e. The molecule has 1 aliphatic rings. The zero-order valence-corrected chi connectivity index (χ0v) is 6.91. The highest BCUT2D eigenvalue weighted by Crippen LogP contribution is 2.24. The highest BCUT2D eigenvalue weighted by Gasteiger charge is 2.30. The summed E-state index contributed by atoms with van der Waals surface area (Å²) in [5, 5.41) is 8.71. The van der Waals surface area contributed by atoms with E-state index in [9.17, 15) is 4.79 Å². The first-order valence-corrected chi connectivity index (χ1v) is 3.99. The van der Waals surface area contributed by atoms with Gasteiger partial charge in [-0.25, -0.2) is 0 Å². The molecule has 1 fully saturated rings. The zero-order valence-electron chi connectivity index (χ0n) is 6.91. The number of aliphatic carboxylic acids is 1. The number of ether oxygens (including phenoxy) is 1. The fraction of sp³-hybridized carbons (Fsp3) is 0.875. The van der Waals surface area contributed by atoms with Gasteiger partial charge < -0.3 is 9.84 Å². The average molecular weight is 158 g/mol. The summed E-state index contributed by atoms with van der Waals surface area (Å²) < 4.78 is 5.38. The van der Waals surface area contributed by atoms with Crippen LogP contribution >= 0.6 is 0 Å². The number of carboxylic acid groups (broad SMARTS) is 1. The van der Waals surface area contributed by atoms with Crippen LogP contribution in [0.5, 0.6) is 0 Å². The van der Waals surface area contributed by atoms with Crippen LogP contribution in [0.4, 0.5) is 0 Å². The molecule has 1 saturated heterocycles. The second-order valence-corrected chi connectivity index (χ2v) is 3.17. The maximum Gasteiger partial charge on any atom is 0.309 e. The molecule has 64 valence electrons. The molecule has 0 aromatic carbocycles. The van der Waals surface area contributed by atoms with Crippen molar-refractivity contribution in [1.29, 1.82) is 0 Å². The van der Waals surface area contributed by atoms with E-state index in [1.807, 2.05) is 13.8 Å². The molecule has 0 aromatic rings. The van der Waals surface area contributed by atoms with Gasteiger partial charge in [0.05, 0.1) is 18.1 Å². The Bertz CT molecular complexity index is 155. The molecule has 0 saturated carbocycles. The van der Waals surface area contributed by atoms with E-state index in [0.29, 0.717) is 0 Å². The van der Waals surface area contributed by atoms with Crippen LogP contribution in [-0.2, 0) is 9.53 Å². The van der Waals surface area contributed by atoms with E-state index in [1.165, 1.54) is 0 Å². The summed E-state index contributed by atoms with van der Waals surface area (Å²) in [6.45, 7) is 3.81. The summed E-state index contributed by atoms with van der Waals surface area (Å²) in [4.78, 5) is 10.6. The van der Waals surface area contributed by atoms with E-state index in [1.54, 1.807) is 0 Å². The lowest BCUT2D eigenvalue weighted by Gasteiger charge is -2.30. The van der Waals surface area contributed by atoms with Gasteiger partial charge in [0.1, 0.15) is 0 Å². The first-order chi connectivity index (χ1) is 5.11. The first-order valence-electron chi connectivity index (χ1n) is 3.99. The van der Waals surface area contributed by atoms with Crippen molar-refractivity contribution in [1.82, 2.24) is 0 Å². The fourth-order valence-corrected chi connectivity index (χ4v) is 1.50. The molecule has 3 atom stereocenters. The molecule has 3 nitrogen and oxygen atoms in total. The Morgan fingerprint density at radius 1 is 1.45 bits per heavy atom. The van der Waals surface area contributed by atoms with Crippen LogP contribution < -0.4 is 0 Å².